The predicted molar refractivity (Wildman–Crippen MR) is 130 cm³/mol. The number of likely N-dealkylation sites (tertiary alicyclic amines) is 1. The molecule has 9 heteroatoms. The van der Waals surface area contributed by atoms with E-state index < -0.39 is 35.6 Å². The van der Waals surface area contributed by atoms with Crippen molar-refractivity contribution >= 4 is 23.4 Å². The van der Waals surface area contributed by atoms with E-state index in [0.29, 0.717) is 37.2 Å². The Kier molecular flexibility index (Phi) is 7.38. The van der Waals surface area contributed by atoms with Crippen molar-refractivity contribution < 1.29 is 29.0 Å². The summed E-state index contributed by atoms with van der Waals surface area (Å²) in [5, 5.41) is 16.1. The summed E-state index contributed by atoms with van der Waals surface area (Å²) in [6.07, 6.45) is 2.06. The van der Waals surface area contributed by atoms with Gasteiger partial charge in [-0.05, 0) is 55.9 Å². The first-order valence-corrected chi connectivity index (χ1v) is 12.6. The molecule has 1 aromatic carbocycles. The third-order valence-corrected chi connectivity index (χ3v) is 7.54. The van der Waals surface area contributed by atoms with Gasteiger partial charge in [0.05, 0.1) is 37.7 Å². The summed E-state index contributed by atoms with van der Waals surface area (Å²) in [5.41, 5.74) is -0.519. The van der Waals surface area contributed by atoms with E-state index >= 15 is 0 Å². The molecule has 6 atom stereocenters. The zero-order valence-corrected chi connectivity index (χ0v) is 21.0. The van der Waals surface area contributed by atoms with Crippen molar-refractivity contribution in [1.82, 2.24) is 10.2 Å². The van der Waals surface area contributed by atoms with E-state index in [1.54, 1.807) is 31.4 Å². The highest BCUT2D eigenvalue weighted by Crippen LogP contribution is 2.59. The average molecular weight is 488 g/mol. The van der Waals surface area contributed by atoms with E-state index in [1.807, 2.05) is 20.8 Å². The van der Waals surface area contributed by atoms with Crippen molar-refractivity contribution in [3.63, 3.8) is 0 Å². The number of rotatable bonds is 10. The number of aliphatic hydroxyl groups is 1. The normalized spacial score (nSPS) is 29.9. The van der Waals surface area contributed by atoms with Crippen molar-refractivity contribution in [2.75, 3.05) is 25.6 Å². The number of anilines is 1. The number of methoxy groups -OCH3 is 1. The lowest BCUT2D eigenvalue weighted by molar-refractivity contribution is -0.144. The van der Waals surface area contributed by atoms with E-state index in [2.05, 4.69) is 10.6 Å². The van der Waals surface area contributed by atoms with Crippen molar-refractivity contribution in [3.05, 3.63) is 24.3 Å². The highest BCUT2D eigenvalue weighted by molar-refractivity contribution is 6.03. The van der Waals surface area contributed by atoms with Crippen molar-refractivity contribution in [1.29, 1.82) is 0 Å². The van der Waals surface area contributed by atoms with Gasteiger partial charge in [-0.15, -0.1) is 0 Å². The molecule has 0 saturated carbocycles. The Hall–Kier alpha value is -2.65. The van der Waals surface area contributed by atoms with Gasteiger partial charge in [-0.25, -0.2) is 0 Å². The number of nitrogens with zero attached hydrogens (tertiary/aromatic N) is 1. The maximum absolute atomic E-state index is 14.0. The monoisotopic (exact) mass is 487 g/mol. The number of hydrogen-bond acceptors (Lipinski definition) is 6. The Morgan fingerprint density at radius 1 is 1.26 bits per heavy atom. The minimum atomic E-state index is -1.09. The molecule has 1 aromatic rings. The van der Waals surface area contributed by atoms with Crippen LogP contribution in [0.4, 0.5) is 5.69 Å². The van der Waals surface area contributed by atoms with E-state index in [4.69, 9.17) is 9.47 Å². The Morgan fingerprint density at radius 3 is 2.57 bits per heavy atom. The van der Waals surface area contributed by atoms with Crippen LogP contribution in [0.3, 0.4) is 0 Å². The lowest BCUT2D eigenvalue weighted by Gasteiger charge is -2.37. The van der Waals surface area contributed by atoms with Crippen LogP contribution < -0.4 is 15.4 Å². The van der Waals surface area contributed by atoms with Crippen molar-refractivity contribution in [3.8, 4) is 5.75 Å². The van der Waals surface area contributed by atoms with E-state index in [1.165, 1.54) is 4.90 Å². The van der Waals surface area contributed by atoms with Gasteiger partial charge < -0.3 is 30.1 Å². The minimum Gasteiger partial charge on any atom is -0.497 e. The Labute approximate surface area is 206 Å². The number of carbonyl (C=O) groups is 3. The van der Waals surface area contributed by atoms with Crippen molar-refractivity contribution in [2.24, 2.45) is 17.8 Å². The molecule has 0 aliphatic carbocycles. The van der Waals surface area contributed by atoms with Crippen LogP contribution in [-0.2, 0) is 19.1 Å². The van der Waals surface area contributed by atoms with Gasteiger partial charge in [0.15, 0.2) is 0 Å². The molecule has 0 aromatic heterocycles. The third-order valence-electron chi connectivity index (χ3n) is 7.54. The van der Waals surface area contributed by atoms with E-state index in [0.717, 1.165) is 6.42 Å². The smallest absolute Gasteiger partial charge is 0.250 e. The molecule has 3 fully saturated rings. The van der Waals surface area contributed by atoms with Crippen LogP contribution in [0.1, 0.15) is 46.5 Å². The standard InChI is InChI=1S/C26H37N3O6/c1-5-12-27-23(31)20-19-10-11-26(35-19)21(20)25(33)29(17(14-30)13-15(2)3)22(26)24(32)28-16-6-8-18(34-4)9-7-16/h6-9,15,17,19-22,30H,5,10-14H2,1-4H3,(H,27,31)(H,28,32)/t17-,19-,20+,21+,22?,26?/m1/s1. The molecule has 35 heavy (non-hydrogen) atoms. The second kappa shape index (κ2) is 10.1. The fourth-order valence-electron chi connectivity index (χ4n) is 6.16. The molecule has 3 heterocycles. The van der Waals surface area contributed by atoms with Gasteiger partial charge in [-0.1, -0.05) is 20.8 Å². The number of amides is 3. The maximum Gasteiger partial charge on any atom is 0.250 e. The molecule has 3 amide bonds. The molecule has 3 saturated heterocycles. The lowest BCUT2D eigenvalue weighted by Crippen LogP contribution is -2.56. The number of carbonyl (C=O) groups excluding carboxylic acids is 3. The number of aliphatic hydroxyl groups excluding tert-OH is 1. The fraction of sp³-hybridized carbons (Fsp3) is 0.654. The number of benzene rings is 1. The molecule has 3 aliphatic rings. The zero-order valence-electron chi connectivity index (χ0n) is 21.0. The van der Waals surface area contributed by atoms with Gasteiger partial charge >= 0.3 is 0 Å². The average Bonchev–Trinajstić information content (AvgIpc) is 3.48. The van der Waals surface area contributed by atoms with E-state index in [9.17, 15) is 19.5 Å². The summed E-state index contributed by atoms with van der Waals surface area (Å²) in [7, 11) is 1.57. The molecule has 9 nitrogen and oxygen atoms in total. The summed E-state index contributed by atoms with van der Waals surface area (Å²) < 4.78 is 11.6. The summed E-state index contributed by atoms with van der Waals surface area (Å²) in [4.78, 5) is 42.4. The second-order valence-electron chi connectivity index (χ2n) is 10.3. The third kappa shape index (κ3) is 4.40. The highest BCUT2D eigenvalue weighted by Gasteiger charge is 2.75. The van der Waals surface area contributed by atoms with Crippen LogP contribution >= 0.6 is 0 Å². The molecule has 4 rings (SSSR count). The summed E-state index contributed by atoms with van der Waals surface area (Å²) in [5.74, 6) is -1.37. The molecule has 3 aliphatic heterocycles. The Bertz CT molecular complexity index is 951. The molecular formula is C26H37N3O6. The number of hydrogen-bond donors (Lipinski definition) is 3. The largest absolute Gasteiger partial charge is 0.497 e. The van der Waals surface area contributed by atoms with Crippen LogP contribution in [-0.4, -0.2) is 71.8 Å². The van der Waals surface area contributed by atoms with Crippen LogP contribution in [0.5, 0.6) is 5.75 Å². The van der Waals surface area contributed by atoms with Gasteiger partial charge in [-0.3, -0.25) is 14.4 Å². The topological polar surface area (TPSA) is 117 Å². The number of fused-ring (bicyclic) bond motifs is 1. The van der Waals surface area contributed by atoms with E-state index in [-0.39, 0.29) is 30.2 Å². The highest BCUT2D eigenvalue weighted by atomic mass is 16.5. The second-order valence-corrected chi connectivity index (χ2v) is 10.3. The molecule has 192 valence electrons. The molecule has 1 spiro atoms. The van der Waals surface area contributed by atoms with Crippen molar-refractivity contribution in [2.45, 2.75) is 70.2 Å². The van der Waals surface area contributed by atoms with Crippen LogP contribution in [0.2, 0.25) is 0 Å². The van der Waals surface area contributed by atoms with Gasteiger partial charge in [-0.2, -0.15) is 0 Å². The Balaban J connectivity index is 1.70. The molecule has 0 radical (unpaired) electrons. The molecule has 2 bridgehead atoms. The summed E-state index contributed by atoms with van der Waals surface area (Å²) in [6.45, 7) is 6.25. The molecular weight excluding hydrogens is 450 g/mol. The SMILES string of the molecule is CCCNC(=O)[C@@H]1[C@H]2C(=O)N([C@@H](CO)CC(C)C)C(C(=O)Nc3ccc(OC)cc3)C23CC[C@H]1O3. The minimum absolute atomic E-state index is 0.197. The predicted octanol–water partition coefficient (Wildman–Crippen LogP) is 1.94. The van der Waals surface area contributed by atoms with Gasteiger partial charge in [0.1, 0.15) is 17.4 Å². The first-order valence-electron chi connectivity index (χ1n) is 12.6. The first-order chi connectivity index (χ1) is 16.8. The molecule has 2 unspecified atom stereocenters. The summed E-state index contributed by atoms with van der Waals surface area (Å²) in [6, 6.07) is 5.48. The quantitative estimate of drug-likeness (QED) is 0.464. The number of ether oxygens (including phenoxy) is 2. The van der Waals surface area contributed by atoms with Crippen LogP contribution in [0, 0.1) is 17.8 Å². The van der Waals surface area contributed by atoms with Gasteiger partial charge in [0.25, 0.3) is 0 Å². The van der Waals surface area contributed by atoms with Crippen LogP contribution in [0.25, 0.3) is 0 Å². The Morgan fingerprint density at radius 2 is 1.97 bits per heavy atom. The fourth-order valence-corrected chi connectivity index (χ4v) is 6.16. The first kappa shape index (κ1) is 25.4. The van der Waals surface area contributed by atoms with Gasteiger partial charge in [0, 0.05) is 12.2 Å². The van der Waals surface area contributed by atoms with Gasteiger partial charge in [0.2, 0.25) is 17.7 Å². The maximum atomic E-state index is 14.0. The zero-order chi connectivity index (χ0) is 25.3. The number of nitrogens with one attached hydrogen (secondary N) is 2. The lowest BCUT2D eigenvalue weighted by atomic mass is 9.70. The molecule has 3 N–H and O–H groups in total. The summed E-state index contributed by atoms with van der Waals surface area (Å²) >= 11 is 0. The van der Waals surface area contributed by atoms with Crippen LogP contribution in [0.15, 0.2) is 24.3 Å².